The van der Waals surface area contributed by atoms with Crippen molar-refractivity contribution in [2.24, 2.45) is 4.99 Å². The van der Waals surface area contributed by atoms with Gasteiger partial charge in [-0.15, -0.1) is 0 Å². The maximum atomic E-state index is 13.9. The van der Waals surface area contributed by atoms with Crippen LogP contribution in [0, 0.1) is 18.5 Å². The molecule has 11 heteroatoms. The molecule has 0 aliphatic carbocycles. The Morgan fingerprint density at radius 3 is 2.58 bits per heavy atom. The topological polar surface area (TPSA) is 103 Å². The third-order valence-electron chi connectivity index (χ3n) is 5.63. The first kappa shape index (κ1) is 28.3. The van der Waals surface area contributed by atoms with Crippen LogP contribution in [0.25, 0.3) is 6.08 Å². The van der Waals surface area contributed by atoms with E-state index in [0.29, 0.717) is 44.3 Å². The van der Waals surface area contributed by atoms with Crippen LogP contribution in [0.3, 0.4) is 0 Å². The molecule has 38 heavy (non-hydrogen) atoms. The summed E-state index contributed by atoms with van der Waals surface area (Å²) in [4.78, 5) is 32.1. The smallest absolute Gasteiger partial charge is 0.338 e. The van der Waals surface area contributed by atoms with E-state index in [1.165, 1.54) is 11.3 Å². The number of hydrogen-bond donors (Lipinski definition) is 0. The molecule has 0 amide bonds. The number of halogens is 2. The van der Waals surface area contributed by atoms with Gasteiger partial charge in [-0.3, -0.25) is 9.36 Å². The number of rotatable bonds is 8. The molecule has 4 rings (SSSR count). The summed E-state index contributed by atoms with van der Waals surface area (Å²) in [5, 5.41) is 9.02. The SMILES string of the molecule is CCOC(=O)C1=C(C)N=c2s/c(=C\c3cc(I)cc(I)c3OCC#N)c(=O)n2[C@@H]1c1ccc(OCC)cc1. The predicted molar refractivity (Wildman–Crippen MR) is 161 cm³/mol. The fraction of sp³-hybridized carbons (Fsp3) is 0.259. The number of carbonyl (C=O) groups excluding carboxylic acids is 1. The monoisotopic (exact) mass is 755 g/mol. The number of hydrogen-bond acceptors (Lipinski definition) is 8. The Balaban J connectivity index is 1.94. The van der Waals surface area contributed by atoms with Crippen molar-refractivity contribution < 1.29 is 19.0 Å². The van der Waals surface area contributed by atoms with Gasteiger partial charge in [0.2, 0.25) is 0 Å². The summed E-state index contributed by atoms with van der Waals surface area (Å²) in [7, 11) is 0. The maximum Gasteiger partial charge on any atom is 0.338 e. The number of allylic oxidation sites excluding steroid dienone is 1. The minimum Gasteiger partial charge on any atom is -0.494 e. The Labute approximate surface area is 250 Å². The van der Waals surface area contributed by atoms with E-state index in [2.05, 4.69) is 50.2 Å². The molecule has 196 valence electrons. The summed E-state index contributed by atoms with van der Waals surface area (Å²) < 4.78 is 20.4. The van der Waals surface area contributed by atoms with Crippen LogP contribution < -0.4 is 24.4 Å². The molecule has 0 spiro atoms. The molecule has 0 saturated carbocycles. The number of nitrogens with zero attached hydrogens (tertiary/aromatic N) is 3. The second-order valence-corrected chi connectivity index (χ2v) is 11.5. The first-order valence-electron chi connectivity index (χ1n) is 11.7. The van der Waals surface area contributed by atoms with Crippen molar-refractivity contribution in [2.75, 3.05) is 19.8 Å². The highest BCUT2D eigenvalue weighted by Gasteiger charge is 2.33. The van der Waals surface area contributed by atoms with Crippen molar-refractivity contribution in [3.8, 4) is 17.6 Å². The zero-order valence-corrected chi connectivity index (χ0v) is 25.9. The lowest BCUT2D eigenvalue weighted by atomic mass is 9.96. The lowest BCUT2D eigenvalue weighted by Gasteiger charge is -2.24. The molecule has 0 radical (unpaired) electrons. The summed E-state index contributed by atoms with van der Waals surface area (Å²) in [6.45, 7) is 6.01. The third-order valence-corrected chi connectivity index (χ3v) is 8.04. The number of carbonyl (C=O) groups is 1. The lowest BCUT2D eigenvalue weighted by molar-refractivity contribution is -0.139. The van der Waals surface area contributed by atoms with E-state index in [1.807, 2.05) is 49.4 Å². The van der Waals surface area contributed by atoms with E-state index in [9.17, 15) is 9.59 Å². The van der Waals surface area contributed by atoms with Crippen molar-refractivity contribution in [1.82, 2.24) is 4.57 Å². The Bertz CT molecular complexity index is 1630. The predicted octanol–water partition coefficient (Wildman–Crippen LogP) is 4.31. The fourth-order valence-electron chi connectivity index (χ4n) is 4.11. The highest BCUT2D eigenvalue weighted by Crippen LogP contribution is 2.32. The van der Waals surface area contributed by atoms with Crippen molar-refractivity contribution in [1.29, 1.82) is 5.26 Å². The van der Waals surface area contributed by atoms with E-state index in [0.717, 1.165) is 12.7 Å². The minimum atomic E-state index is -0.714. The molecule has 2 heterocycles. The van der Waals surface area contributed by atoms with Crippen LogP contribution in [-0.2, 0) is 9.53 Å². The van der Waals surface area contributed by atoms with Gasteiger partial charge in [-0.05, 0) is 102 Å². The molecule has 8 nitrogen and oxygen atoms in total. The second-order valence-electron chi connectivity index (χ2n) is 8.06. The Kier molecular flexibility index (Phi) is 9.27. The molecule has 1 atom stereocenters. The van der Waals surface area contributed by atoms with E-state index in [1.54, 1.807) is 24.5 Å². The minimum absolute atomic E-state index is 0.113. The molecule has 2 aromatic carbocycles. The van der Waals surface area contributed by atoms with Crippen molar-refractivity contribution in [3.63, 3.8) is 0 Å². The van der Waals surface area contributed by atoms with Gasteiger partial charge >= 0.3 is 5.97 Å². The zero-order chi connectivity index (χ0) is 27.4. The number of ether oxygens (including phenoxy) is 3. The first-order chi connectivity index (χ1) is 18.3. The van der Waals surface area contributed by atoms with E-state index >= 15 is 0 Å². The van der Waals surface area contributed by atoms with Crippen molar-refractivity contribution in [2.45, 2.75) is 26.8 Å². The number of nitriles is 1. The largest absolute Gasteiger partial charge is 0.494 e. The van der Waals surface area contributed by atoms with Gasteiger partial charge in [-0.25, -0.2) is 9.79 Å². The molecule has 3 aromatic rings. The normalized spacial score (nSPS) is 14.9. The lowest BCUT2D eigenvalue weighted by Crippen LogP contribution is -2.39. The molecule has 1 aliphatic heterocycles. The standard InChI is InChI=1S/C27H23I2N3O5S/c1-4-35-19-8-6-16(7-9-19)23-22(26(34)36-5-2)15(3)31-27-32(23)25(33)21(38-27)13-17-12-18(28)14-20(29)24(17)37-11-10-30/h6-9,12-14,23H,4-5,11H2,1-3H3/b21-13-/t23-/m1/s1. The van der Waals surface area contributed by atoms with Crippen LogP contribution in [0.4, 0.5) is 0 Å². The van der Waals surface area contributed by atoms with Crippen molar-refractivity contribution in [3.05, 3.63) is 85.6 Å². The number of aromatic nitrogens is 1. The van der Waals surface area contributed by atoms with Crippen LogP contribution >= 0.6 is 56.5 Å². The first-order valence-corrected chi connectivity index (χ1v) is 14.7. The van der Waals surface area contributed by atoms with Gasteiger partial charge in [-0.1, -0.05) is 23.5 Å². The number of benzene rings is 2. The van der Waals surface area contributed by atoms with Crippen LogP contribution in [0.2, 0.25) is 0 Å². The van der Waals surface area contributed by atoms with Gasteiger partial charge in [0.1, 0.15) is 17.6 Å². The van der Waals surface area contributed by atoms with E-state index < -0.39 is 12.0 Å². The highest BCUT2D eigenvalue weighted by molar-refractivity contribution is 14.1. The molecule has 0 fully saturated rings. The Hall–Kier alpha value is -2.70. The molecule has 1 aromatic heterocycles. The van der Waals surface area contributed by atoms with Gasteiger partial charge in [0.25, 0.3) is 5.56 Å². The summed E-state index contributed by atoms with van der Waals surface area (Å²) >= 11 is 5.59. The molecule has 0 saturated heterocycles. The zero-order valence-electron chi connectivity index (χ0n) is 20.8. The molecule has 0 bridgehead atoms. The van der Waals surface area contributed by atoms with E-state index in [4.69, 9.17) is 19.5 Å². The molecule has 1 aliphatic rings. The van der Waals surface area contributed by atoms with Gasteiger partial charge in [-0.2, -0.15) is 5.26 Å². The van der Waals surface area contributed by atoms with Gasteiger partial charge in [0, 0.05) is 9.13 Å². The summed E-state index contributed by atoms with van der Waals surface area (Å²) in [5.41, 5.74) is 1.94. The van der Waals surface area contributed by atoms with Crippen LogP contribution in [0.1, 0.15) is 37.9 Å². The van der Waals surface area contributed by atoms with Crippen LogP contribution in [0.15, 0.2) is 57.5 Å². The average Bonchev–Trinajstić information content (AvgIpc) is 3.17. The number of fused-ring (bicyclic) bond motifs is 1. The molecule has 0 N–H and O–H groups in total. The van der Waals surface area contributed by atoms with E-state index in [-0.39, 0.29) is 18.8 Å². The van der Waals surface area contributed by atoms with Gasteiger partial charge in [0.05, 0.1) is 38.6 Å². The summed E-state index contributed by atoms with van der Waals surface area (Å²) in [6.07, 6.45) is 1.75. The summed E-state index contributed by atoms with van der Waals surface area (Å²) in [5.74, 6) is 0.714. The van der Waals surface area contributed by atoms with Crippen LogP contribution in [-0.4, -0.2) is 30.4 Å². The highest BCUT2D eigenvalue weighted by atomic mass is 127. The second kappa shape index (κ2) is 12.4. The quantitative estimate of drug-likeness (QED) is 0.251. The van der Waals surface area contributed by atoms with Crippen LogP contribution in [0.5, 0.6) is 11.5 Å². The number of thiazole rings is 1. The van der Waals surface area contributed by atoms with Gasteiger partial charge in [0.15, 0.2) is 11.4 Å². The third kappa shape index (κ3) is 5.81. The summed E-state index contributed by atoms with van der Waals surface area (Å²) in [6, 6.07) is 12.4. The molecular weight excluding hydrogens is 732 g/mol. The number of esters is 1. The Morgan fingerprint density at radius 1 is 1.18 bits per heavy atom. The molecular formula is C27H23I2N3O5S. The van der Waals surface area contributed by atoms with Gasteiger partial charge < -0.3 is 14.2 Å². The maximum absolute atomic E-state index is 13.9. The Morgan fingerprint density at radius 2 is 1.92 bits per heavy atom. The average molecular weight is 755 g/mol. The molecule has 0 unspecified atom stereocenters. The van der Waals surface area contributed by atoms with Crippen molar-refractivity contribution >= 4 is 68.6 Å². The fourth-order valence-corrected chi connectivity index (χ4v) is 7.19.